The number of nitrogens with one attached hydrogen (secondary N) is 1. The van der Waals surface area contributed by atoms with E-state index < -0.39 is 39.8 Å². The fourth-order valence-corrected chi connectivity index (χ4v) is 4.90. The lowest BCUT2D eigenvalue weighted by molar-refractivity contribution is -0.158. The second kappa shape index (κ2) is 7.71. The van der Waals surface area contributed by atoms with E-state index in [9.17, 15) is 22.8 Å². The van der Waals surface area contributed by atoms with Crippen molar-refractivity contribution in [3.63, 3.8) is 0 Å². The smallest absolute Gasteiger partial charge is 0.312 e. The molecule has 0 spiro atoms. The van der Waals surface area contributed by atoms with Crippen molar-refractivity contribution in [2.24, 2.45) is 5.92 Å². The van der Waals surface area contributed by atoms with Crippen molar-refractivity contribution < 1.29 is 32.0 Å². The van der Waals surface area contributed by atoms with Crippen LogP contribution in [0.1, 0.15) is 25.5 Å². The molecule has 148 valence electrons. The molecule has 0 unspecified atom stereocenters. The number of carbonyl (C=O) groups excluding carboxylic acids is 3. The van der Waals surface area contributed by atoms with Crippen LogP contribution in [0.4, 0.5) is 0 Å². The van der Waals surface area contributed by atoms with Gasteiger partial charge in [0.2, 0.25) is 5.91 Å². The Morgan fingerprint density at radius 1 is 1.44 bits per heavy atom. The second-order valence-corrected chi connectivity index (χ2v) is 9.17. The van der Waals surface area contributed by atoms with Crippen LogP contribution in [0.3, 0.4) is 0 Å². The van der Waals surface area contributed by atoms with E-state index in [-0.39, 0.29) is 36.9 Å². The number of carbonyl (C=O) groups is 3. The molecule has 2 saturated heterocycles. The Morgan fingerprint density at radius 2 is 2.22 bits per heavy atom. The van der Waals surface area contributed by atoms with E-state index in [1.54, 1.807) is 12.1 Å². The van der Waals surface area contributed by atoms with Crippen molar-refractivity contribution in [1.29, 1.82) is 0 Å². The van der Waals surface area contributed by atoms with Gasteiger partial charge in [0, 0.05) is 19.0 Å². The van der Waals surface area contributed by atoms with Crippen LogP contribution in [0.25, 0.3) is 0 Å². The molecule has 0 aromatic carbocycles. The summed E-state index contributed by atoms with van der Waals surface area (Å²) in [5.74, 6) is -1.41. The molecule has 1 N–H and O–H groups in total. The summed E-state index contributed by atoms with van der Waals surface area (Å²) in [6.07, 6.45) is 0.829. The summed E-state index contributed by atoms with van der Waals surface area (Å²) in [6, 6.07) is 3.01. The Hall–Kier alpha value is -2.36. The topological polar surface area (TPSA) is 123 Å². The average Bonchev–Trinajstić information content (AvgIpc) is 3.30. The molecule has 3 heterocycles. The maximum Gasteiger partial charge on any atom is 0.312 e. The minimum absolute atomic E-state index is 0.0226. The first-order chi connectivity index (χ1) is 12.7. The monoisotopic (exact) mass is 398 g/mol. The Morgan fingerprint density at radius 3 is 2.85 bits per heavy atom. The van der Waals surface area contributed by atoms with Gasteiger partial charge in [0.25, 0.3) is 5.91 Å². The molecule has 1 aromatic rings. The van der Waals surface area contributed by atoms with Crippen LogP contribution in [0.5, 0.6) is 0 Å². The molecule has 3 atom stereocenters. The number of sulfone groups is 1. The number of esters is 1. The van der Waals surface area contributed by atoms with Gasteiger partial charge in [-0.3, -0.25) is 14.4 Å². The summed E-state index contributed by atoms with van der Waals surface area (Å²) >= 11 is 0. The molecule has 2 aliphatic rings. The van der Waals surface area contributed by atoms with E-state index in [1.165, 1.54) is 18.1 Å². The lowest BCUT2D eigenvalue weighted by Crippen LogP contribution is -2.43. The fourth-order valence-electron chi connectivity index (χ4n) is 3.22. The number of ether oxygens (including phenoxy) is 1. The van der Waals surface area contributed by atoms with Crippen molar-refractivity contribution in [2.75, 3.05) is 18.1 Å². The van der Waals surface area contributed by atoms with Gasteiger partial charge in [-0.05, 0) is 25.5 Å². The molecule has 27 heavy (non-hydrogen) atoms. The van der Waals surface area contributed by atoms with Gasteiger partial charge < -0.3 is 19.4 Å². The van der Waals surface area contributed by atoms with Gasteiger partial charge >= 0.3 is 5.97 Å². The highest BCUT2D eigenvalue weighted by Gasteiger charge is 2.37. The third-order valence-corrected chi connectivity index (χ3v) is 6.48. The van der Waals surface area contributed by atoms with E-state index in [1.807, 2.05) is 0 Å². The number of amides is 2. The summed E-state index contributed by atoms with van der Waals surface area (Å²) in [7, 11) is -3.11. The largest absolute Gasteiger partial charge is 0.467 e. The zero-order valence-electron chi connectivity index (χ0n) is 14.9. The number of nitrogens with zero attached hydrogens (tertiary/aromatic N) is 1. The van der Waals surface area contributed by atoms with Gasteiger partial charge in [0.15, 0.2) is 15.9 Å². The second-order valence-electron chi connectivity index (χ2n) is 6.94. The normalized spacial score (nSPS) is 25.4. The first-order valence-electron chi connectivity index (χ1n) is 8.75. The van der Waals surface area contributed by atoms with Gasteiger partial charge in [0.05, 0.1) is 30.2 Å². The molecule has 0 bridgehead atoms. The first-order valence-corrected chi connectivity index (χ1v) is 10.6. The van der Waals surface area contributed by atoms with Gasteiger partial charge in [-0.2, -0.15) is 0 Å². The van der Waals surface area contributed by atoms with Crippen molar-refractivity contribution in [3.05, 3.63) is 24.2 Å². The molecule has 2 aliphatic heterocycles. The van der Waals surface area contributed by atoms with E-state index in [4.69, 9.17) is 9.15 Å². The standard InChI is InChI=1S/C17H22N2O7S/c1-11(16(21)18-13-4-6-27(23,24)10-13)26-17(22)12-7-15(20)19(8-12)9-14-3-2-5-25-14/h2-3,5,11-13H,4,6-10H2,1H3,(H,18,21)/t11-,12-,13+/m1/s1. The number of hydrogen-bond donors (Lipinski definition) is 1. The molecule has 3 rings (SSSR count). The zero-order chi connectivity index (χ0) is 19.6. The minimum atomic E-state index is -3.11. The summed E-state index contributed by atoms with van der Waals surface area (Å²) in [5.41, 5.74) is 0. The van der Waals surface area contributed by atoms with Crippen LogP contribution < -0.4 is 5.32 Å². The van der Waals surface area contributed by atoms with Crippen LogP contribution in [0.15, 0.2) is 22.8 Å². The number of rotatable bonds is 6. The van der Waals surface area contributed by atoms with Gasteiger partial charge in [-0.1, -0.05) is 0 Å². The maximum absolute atomic E-state index is 12.3. The fraction of sp³-hybridized carbons (Fsp3) is 0.588. The number of hydrogen-bond acceptors (Lipinski definition) is 7. The van der Waals surface area contributed by atoms with E-state index in [0.29, 0.717) is 12.2 Å². The lowest BCUT2D eigenvalue weighted by Gasteiger charge is -2.18. The van der Waals surface area contributed by atoms with E-state index in [0.717, 1.165) is 0 Å². The number of furan rings is 1. The molecule has 2 fully saturated rings. The lowest BCUT2D eigenvalue weighted by atomic mass is 10.1. The van der Waals surface area contributed by atoms with Crippen molar-refractivity contribution >= 4 is 27.6 Å². The zero-order valence-corrected chi connectivity index (χ0v) is 15.7. The van der Waals surface area contributed by atoms with Crippen molar-refractivity contribution in [3.8, 4) is 0 Å². The van der Waals surface area contributed by atoms with Gasteiger partial charge in [-0.15, -0.1) is 0 Å². The maximum atomic E-state index is 12.3. The average molecular weight is 398 g/mol. The molecule has 2 amide bonds. The highest BCUT2D eigenvalue weighted by Crippen LogP contribution is 2.22. The predicted octanol–water partition coefficient (Wildman–Crippen LogP) is -0.137. The van der Waals surface area contributed by atoms with Crippen LogP contribution >= 0.6 is 0 Å². The van der Waals surface area contributed by atoms with Gasteiger partial charge in [0.1, 0.15) is 5.76 Å². The highest BCUT2D eigenvalue weighted by molar-refractivity contribution is 7.91. The Kier molecular flexibility index (Phi) is 5.54. The van der Waals surface area contributed by atoms with E-state index >= 15 is 0 Å². The molecule has 0 aliphatic carbocycles. The predicted molar refractivity (Wildman–Crippen MR) is 93.0 cm³/mol. The first kappa shape index (κ1) is 19.4. The van der Waals surface area contributed by atoms with Crippen molar-refractivity contribution in [1.82, 2.24) is 10.2 Å². The molecule has 0 saturated carbocycles. The Bertz CT molecular complexity index is 818. The molecule has 10 heteroatoms. The van der Waals surface area contributed by atoms with Crippen molar-refractivity contribution in [2.45, 2.75) is 38.5 Å². The summed E-state index contributed by atoms with van der Waals surface area (Å²) < 4.78 is 33.3. The summed E-state index contributed by atoms with van der Waals surface area (Å²) in [5, 5.41) is 2.59. The minimum Gasteiger partial charge on any atom is -0.467 e. The molecule has 0 radical (unpaired) electrons. The quantitative estimate of drug-likeness (QED) is 0.662. The van der Waals surface area contributed by atoms with Crippen LogP contribution in [0.2, 0.25) is 0 Å². The molecular weight excluding hydrogens is 376 g/mol. The van der Waals surface area contributed by atoms with E-state index in [2.05, 4.69) is 5.32 Å². The van der Waals surface area contributed by atoms with Gasteiger partial charge in [-0.25, -0.2) is 8.42 Å². The Balaban J connectivity index is 1.48. The summed E-state index contributed by atoms with van der Waals surface area (Å²) in [4.78, 5) is 38.0. The van der Waals surface area contributed by atoms with Crippen LogP contribution in [-0.2, 0) is 35.5 Å². The number of likely N-dealkylation sites (tertiary alicyclic amines) is 1. The third-order valence-electron chi connectivity index (χ3n) is 4.72. The van der Waals surface area contributed by atoms with Crippen LogP contribution in [-0.4, -0.2) is 61.3 Å². The highest BCUT2D eigenvalue weighted by atomic mass is 32.2. The molecule has 9 nitrogen and oxygen atoms in total. The molecule has 1 aromatic heterocycles. The Labute approximate surface area is 156 Å². The van der Waals surface area contributed by atoms with Crippen LogP contribution in [0, 0.1) is 5.92 Å². The summed E-state index contributed by atoms with van der Waals surface area (Å²) in [6.45, 7) is 1.91. The third kappa shape index (κ3) is 4.88. The SMILES string of the molecule is C[C@@H](OC(=O)[C@@H]1CC(=O)N(Cc2ccco2)C1)C(=O)N[C@H]1CCS(=O)(=O)C1. The molecular formula is C17H22N2O7S.